The van der Waals surface area contributed by atoms with Gasteiger partial charge in [0.15, 0.2) is 5.78 Å². The molecule has 0 spiro atoms. The minimum absolute atomic E-state index is 0.0341. The zero-order valence-corrected chi connectivity index (χ0v) is 16.3. The first-order valence-electron chi connectivity index (χ1n) is 9.49. The van der Waals surface area contributed by atoms with Crippen molar-refractivity contribution in [1.82, 2.24) is 4.90 Å². The molecule has 0 radical (unpaired) electrons. The number of amides is 2. The van der Waals surface area contributed by atoms with Crippen LogP contribution in [0.1, 0.15) is 42.5 Å². The number of likely N-dealkylation sites (tertiary alicyclic amines) is 1. The van der Waals surface area contributed by atoms with E-state index in [9.17, 15) is 14.4 Å². The minimum Gasteiger partial charge on any atom is -0.331 e. The van der Waals surface area contributed by atoms with Crippen LogP contribution in [-0.2, 0) is 9.59 Å². The molecule has 1 atom stereocenters. The lowest BCUT2D eigenvalue weighted by Crippen LogP contribution is -2.43. The lowest BCUT2D eigenvalue weighted by atomic mass is 10.1. The summed E-state index contributed by atoms with van der Waals surface area (Å²) in [5.41, 5.74) is 1.32. The van der Waals surface area contributed by atoms with Gasteiger partial charge in [0.2, 0.25) is 11.8 Å². The summed E-state index contributed by atoms with van der Waals surface area (Å²) in [6, 6.07) is 15.5. The Balaban J connectivity index is 1.50. The van der Waals surface area contributed by atoms with Gasteiger partial charge in [-0.15, -0.1) is 0 Å². The van der Waals surface area contributed by atoms with Crippen LogP contribution in [0.2, 0.25) is 5.02 Å². The number of Topliss-reactive ketones (excluding diaryl/α,β-unsaturated/α-hetero) is 1. The SMILES string of the molecule is O=C(CCCC(=O)N1CCC[C@@H]1C(=O)Nc1ccc(Cl)cc1)c1ccccc1. The third kappa shape index (κ3) is 5.20. The molecule has 2 aromatic rings. The molecule has 1 N–H and O–H groups in total. The molecule has 1 saturated heterocycles. The summed E-state index contributed by atoms with van der Waals surface area (Å²) >= 11 is 5.86. The van der Waals surface area contributed by atoms with E-state index < -0.39 is 6.04 Å². The van der Waals surface area contributed by atoms with Crippen LogP contribution >= 0.6 is 11.6 Å². The zero-order valence-electron chi connectivity index (χ0n) is 15.6. The number of hydrogen-bond acceptors (Lipinski definition) is 3. The van der Waals surface area contributed by atoms with Gasteiger partial charge in [-0.05, 0) is 43.5 Å². The molecular weight excluding hydrogens is 376 g/mol. The van der Waals surface area contributed by atoms with Crippen LogP contribution in [0, 0.1) is 0 Å². The van der Waals surface area contributed by atoms with Crippen LogP contribution in [0.4, 0.5) is 5.69 Å². The summed E-state index contributed by atoms with van der Waals surface area (Å²) < 4.78 is 0. The van der Waals surface area contributed by atoms with Gasteiger partial charge in [-0.25, -0.2) is 0 Å². The van der Waals surface area contributed by atoms with Gasteiger partial charge in [-0.2, -0.15) is 0 Å². The van der Waals surface area contributed by atoms with Crippen LogP contribution in [-0.4, -0.2) is 35.1 Å². The first-order valence-corrected chi connectivity index (χ1v) is 9.86. The molecule has 0 aromatic heterocycles. The second kappa shape index (κ2) is 9.51. The van der Waals surface area contributed by atoms with Crippen molar-refractivity contribution in [2.24, 2.45) is 0 Å². The van der Waals surface area contributed by atoms with Crippen LogP contribution in [0.15, 0.2) is 54.6 Å². The molecule has 6 heteroatoms. The van der Waals surface area contributed by atoms with Gasteiger partial charge in [0.05, 0.1) is 0 Å². The van der Waals surface area contributed by atoms with Crippen molar-refractivity contribution in [2.75, 3.05) is 11.9 Å². The van der Waals surface area contributed by atoms with Crippen molar-refractivity contribution in [2.45, 2.75) is 38.1 Å². The van der Waals surface area contributed by atoms with E-state index in [1.807, 2.05) is 18.2 Å². The highest BCUT2D eigenvalue weighted by molar-refractivity contribution is 6.30. The van der Waals surface area contributed by atoms with Crippen LogP contribution in [0.5, 0.6) is 0 Å². The Bertz CT molecular complexity index is 837. The highest BCUT2D eigenvalue weighted by Gasteiger charge is 2.33. The number of ketones is 1. The summed E-state index contributed by atoms with van der Waals surface area (Å²) in [6.45, 7) is 0.574. The van der Waals surface area contributed by atoms with E-state index in [4.69, 9.17) is 11.6 Å². The summed E-state index contributed by atoms with van der Waals surface area (Å²) in [6.07, 6.45) is 2.52. The number of nitrogens with zero attached hydrogens (tertiary/aromatic N) is 1. The lowest BCUT2D eigenvalue weighted by Gasteiger charge is -2.24. The van der Waals surface area contributed by atoms with E-state index in [1.165, 1.54) is 0 Å². The Labute approximate surface area is 169 Å². The average Bonchev–Trinajstić information content (AvgIpc) is 3.20. The van der Waals surface area contributed by atoms with Crippen LogP contribution < -0.4 is 5.32 Å². The molecule has 0 unspecified atom stereocenters. The van der Waals surface area contributed by atoms with Crippen molar-refractivity contribution >= 4 is 34.9 Å². The smallest absolute Gasteiger partial charge is 0.247 e. The van der Waals surface area contributed by atoms with Gasteiger partial charge in [-0.3, -0.25) is 14.4 Å². The number of rotatable bonds is 7. The van der Waals surface area contributed by atoms with Crippen molar-refractivity contribution in [3.63, 3.8) is 0 Å². The molecule has 146 valence electrons. The summed E-state index contributed by atoms with van der Waals surface area (Å²) in [5.74, 6) is -0.227. The fraction of sp³-hybridized carbons (Fsp3) is 0.318. The Morgan fingerprint density at radius 1 is 1.00 bits per heavy atom. The lowest BCUT2D eigenvalue weighted by molar-refractivity contribution is -0.136. The third-order valence-corrected chi connectivity index (χ3v) is 5.13. The van der Waals surface area contributed by atoms with Gasteiger partial charge in [0.25, 0.3) is 0 Å². The number of nitrogens with one attached hydrogen (secondary N) is 1. The first kappa shape index (κ1) is 20.1. The molecule has 0 aliphatic carbocycles. The summed E-state index contributed by atoms with van der Waals surface area (Å²) in [5, 5.41) is 3.44. The molecule has 2 amide bonds. The molecular formula is C22H23ClN2O3. The topological polar surface area (TPSA) is 66.5 Å². The number of halogens is 1. The summed E-state index contributed by atoms with van der Waals surface area (Å²) in [7, 11) is 0. The largest absolute Gasteiger partial charge is 0.331 e. The van der Waals surface area contributed by atoms with E-state index in [0.717, 1.165) is 6.42 Å². The van der Waals surface area contributed by atoms with Gasteiger partial charge < -0.3 is 10.2 Å². The summed E-state index contributed by atoms with van der Waals surface area (Å²) in [4.78, 5) is 39.0. The zero-order chi connectivity index (χ0) is 19.9. The monoisotopic (exact) mass is 398 g/mol. The number of carbonyl (C=O) groups excluding carboxylic acids is 3. The Morgan fingerprint density at radius 2 is 1.71 bits per heavy atom. The third-order valence-electron chi connectivity index (χ3n) is 4.88. The maximum atomic E-state index is 12.6. The molecule has 28 heavy (non-hydrogen) atoms. The van der Waals surface area contributed by atoms with Gasteiger partial charge in [-0.1, -0.05) is 41.9 Å². The van der Waals surface area contributed by atoms with Gasteiger partial charge >= 0.3 is 0 Å². The normalized spacial score (nSPS) is 16.0. The van der Waals surface area contributed by atoms with E-state index in [2.05, 4.69) is 5.32 Å². The van der Waals surface area contributed by atoms with Crippen molar-refractivity contribution in [3.05, 3.63) is 65.2 Å². The number of hydrogen-bond donors (Lipinski definition) is 1. The molecule has 1 aliphatic heterocycles. The molecule has 5 nitrogen and oxygen atoms in total. The number of carbonyl (C=O) groups is 3. The van der Waals surface area contributed by atoms with Crippen LogP contribution in [0.25, 0.3) is 0 Å². The van der Waals surface area contributed by atoms with E-state index in [1.54, 1.807) is 41.3 Å². The molecule has 1 aliphatic rings. The molecule has 0 saturated carbocycles. The predicted octanol–water partition coefficient (Wildman–Crippen LogP) is 4.32. The van der Waals surface area contributed by atoms with Crippen LogP contribution in [0.3, 0.4) is 0 Å². The maximum absolute atomic E-state index is 12.6. The second-order valence-electron chi connectivity index (χ2n) is 6.88. The Morgan fingerprint density at radius 3 is 2.43 bits per heavy atom. The number of anilines is 1. The highest BCUT2D eigenvalue weighted by atomic mass is 35.5. The first-order chi connectivity index (χ1) is 13.5. The molecule has 1 heterocycles. The molecule has 3 rings (SSSR count). The van der Waals surface area contributed by atoms with E-state index in [-0.39, 0.29) is 24.0 Å². The predicted molar refractivity (Wildman–Crippen MR) is 109 cm³/mol. The molecule has 0 bridgehead atoms. The second-order valence-corrected chi connectivity index (χ2v) is 7.32. The quantitative estimate of drug-likeness (QED) is 0.706. The standard InChI is InChI=1S/C22H23ClN2O3/c23-17-11-13-18(14-12-17)24-22(28)19-8-5-15-25(19)21(27)10-4-9-20(26)16-6-2-1-3-7-16/h1-3,6-7,11-14,19H,4-5,8-10,15H2,(H,24,28)/t19-/m1/s1. The Hall–Kier alpha value is -2.66. The minimum atomic E-state index is -0.465. The van der Waals surface area contributed by atoms with Gasteiger partial charge in [0, 0.05) is 35.7 Å². The fourth-order valence-corrected chi connectivity index (χ4v) is 3.53. The Kier molecular flexibility index (Phi) is 6.82. The van der Waals surface area contributed by atoms with Gasteiger partial charge in [0.1, 0.15) is 6.04 Å². The average molecular weight is 399 g/mol. The van der Waals surface area contributed by atoms with Crippen molar-refractivity contribution in [3.8, 4) is 0 Å². The van der Waals surface area contributed by atoms with E-state index >= 15 is 0 Å². The number of benzene rings is 2. The highest BCUT2D eigenvalue weighted by Crippen LogP contribution is 2.22. The molecule has 2 aromatic carbocycles. The van der Waals surface area contributed by atoms with Crippen molar-refractivity contribution in [1.29, 1.82) is 0 Å². The molecule has 1 fully saturated rings. The maximum Gasteiger partial charge on any atom is 0.247 e. The van der Waals surface area contributed by atoms with Crippen molar-refractivity contribution < 1.29 is 14.4 Å². The van der Waals surface area contributed by atoms with E-state index in [0.29, 0.717) is 42.1 Å². The fourth-order valence-electron chi connectivity index (χ4n) is 3.41.